The van der Waals surface area contributed by atoms with Gasteiger partial charge in [-0.25, -0.2) is 0 Å². The summed E-state index contributed by atoms with van der Waals surface area (Å²) in [6.07, 6.45) is 5.97. The lowest BCUT2D eigenvalue weighted by Gasteiger charge is -2.33. The number of fused-ring (bicyclic) bond motifs is 8. The predicted octanol–water partition coefficient (Wildman–Crippen LogP) is 16.4. The molecule has 12 aromatic rings. The van der Waals surface area contributed by atoms with Gasteiger partial charge < -0.3 is 9.80 Å². The van der Waals surface area contributed by atoms with Crippen LogP contribution in [0, 0.1) is 0 Å². The van der Waals surface area contributed by atoms with E-state index in [0.29, 0.717) is 0 Å². The van der Waals surface area contributed by atoms with Gasteiger partial charge in [0.05, 0.1) is 6.04 Å². The van der Waals surface area contributed by atoms with Crippen molar-refractivity contribution in [1.82, 2.24) is 0 Å². The van der Waals surface area contributed by atoms with E-state index in [2.05, 4.69) is 271 Å². The maximum atomic E-state index is 2.59. The van der Waals surface area contributed by atoms with Gasteiger partial charge >= 0.3 is 0 Å². The molecule has 1 unspecified atom stereocenters. The SMILES string of the molecule is C1=c2c(-c3cc4ccccc4c4ccccc34)c3ccc(N(c4ccccc4)c4ccccc4)cc3c(-c3cc4ccccc4c4ccccc34)c2=CCC1N(c1ccccc1)c1ccccc1. The van der Waals surface area contributed by atoms with Crippen molar-refractivity contribution in [2.75, 3.05) is 9.80 Å². The first-order chi connectivity index (χ1) is 33.8. The summed E-state index contributed by atoms with van der Waals surface area (Å²) in [5, 5.41) is 15.0. The molecule has 0 heterocycles. The van der Waals surface area contributed by atoms with Crippen molar-refractivity contribution in [1.29, 1.82) is 0 Å². The number of anilines is 5. The molecule has 68 heavy (non-hydrogen) atoms. The molecule has 0 bridgehead atoms. The fourth-order valence-corrected chi connectivity index (χ4v) is 11.1. The van der Waals surface area contributed by atoms with Crippen LogP contribution in [0.1, 0.15) is 6.42 Å². The number of benzene rings is 12. The Bertz CT molecular complexity index is 3920. The fraction of sp³-hybridized carbons (Fsp3) is 0.0303. The molecule has 0 amide bonds. The minimum Gasteiger partial charge on any atom is -0.334 e. The van der Waals surface area contributed by atoms with Crippen LogP contribution in [-0.4, -0.2) is 6.04 Å². The Morgan fingerprint density at radius 2 is 0.706 bits per heavy atom. The Hall–Kier alpha value is -8.72. The van der Waals surface area contributed by atoms with Crippen molar-refractivity contribution in [3.8, 4) is 22.3 Å². The fourth-order valence-electron chi connectivity index (χ4n) is 11.1. The maximum absolute atomic E-state index is 2.59. The number of hydrogen-bond donors (Lipinski definition) is 0. The highest BCUT2D eigenvalue weighted by Gasteiger charge is 2.26. The standard InChI is InChI=1S/C66H46N2/c1-5-23-47(24-6-1)67(48-25-7-2-8-26-48)51-37-39-59-63(43-51)65(61-41-45-21-13-15-31-53(45)55-33-17-19-35-57(55)61)60-40-38-52(68(49-27-9-3-10-28-49)50-29-11-4-12-30-50)44-64(60)66(59)62-42-46-22-14-16-32-54(46)56-34-18-20-36-58(56)62/h1-37,39-44,52H,38H2. The Morgan fingerprint density at radius 1 is 0.294 bits per heavy atom. The van der Waals surface area contributed by atoms with Crippen LogP contribution in [0.25, 0.3) is 88.3 Å². The number of hydrogen-bond acceptors (Lipinski definition) is 2. The monoisotopic (exact) mass is 866 g/mol. The van der Waals surface area contributed by atoms with Crippen LogP contribution >= 0.6 is 0 Å². The van der Waals surface area contributed by atoms with Gasteiger partial charge in [-0.15, -0.1) is 0 Å². The average molecular weight is 867 g/mol. The van der Waals surface area contributed by atoms with Gasteiger partial charge in [0, 0.05) is 28.4 Å². The Balaban J connectivity index is 1.22. The lowest BCUT2D eigenvalue weighted by Crippen LogP contribution is -2.40. The molecule has 13 rings (SSSR count). The molecular formula is C66H46N2. The van der Waals surface area contributed by atoms with Crippen molar-refractivity contribution in [2.45, 2.75) is 12.5 Å². The summed E-state index contributed by atoms with van der Waals surface area (Å²) in [6.45, 7) is 0. The van der Waals surface area contributed by atoms with Crippen LogP contribution in [0.15, 0.2) is 249 Å². The summed E-state index contributed by atoms with van der Waals surface area (Å²) in [6, 6.07) is 91.3. The molecule has 12 aromatic carbocycles. The van der Waals surface area contributed by atoms with E-state index >= 15 is 0 Å². The van der Waals surface area contributed by atoms with Gasteiger partial charge in [-0.3, -0.25) is 0 Å². The van der Waals surface area contributed by atoms with Gasteiger partial charge in [0.2, 0.25) is 0 Å². The molecule has 0 fully saturated rings. The van der Waals surface area contributed by atoms with Crippen LogP contribution in [0.4, 0.5) is 28.4 Å². The molecule has 2 nitrogen and oxygen atoms in total. The van der Waals surface area contributed by atoms with Crippen molar-refractivity contribution in [3.05, 3.63) is 259 Å². The molecule has 2 heteroatoms. The Kier molecular flexibility index (Phi) is 9.68. The lowest BCUT2D eigenvalue weighted by molar-refractivity contribution is 0.838. The van der Waals surface area contributed by atoms with Gasteiger partial charge in [-0.1, -0.05) is 188 Å². The molecule has 0 aliphatic heterocycles. The van der Waals surface area contributed by atoms with Gasteiger partial charge in [0.1, 0.15) is 0 Å². The summed E-state index contributed by atoms with van der Waals surface area (Å²) in [5.74, 6) is 0. The molecule has 1 aliphatic carbocycles. The first-order valence-electron chi connectivity index (χ1n) is 23.7. The summed E-state index contributed by atoms with van der Waals surface area (Å²) < 4.78 is 0. The molecule has 0 saturated carbocycles. The van der Waals surface area contributed by atoms with E-state index in [1.807, 2.05) is 0 Å². The molecule has 0 N–H and O–H groups in total. The quantitative estimate of drug-likeness (QED) is 0.140. The molecule has 1 atom stereocenters. The summed E-state index contributed by atoms with van der Waals surface area (Å²) in [4.78, 5) is 4.92. The van der Waals surface area contributed by atoms with E-state index in [9.17, 15) is 0 Å². The van der Waals surface area contributed by atoms with Gasteiger partial charge in [0.15, 0.2) is 0 Å². The highest BCUT2D eigenvalue weighted by Crippen LogP contribution is 2.44. The van der Waals surface area contributed by atoms with Gasteiger partial charge in [-0.05, 0) is 166 Å². The number of para-hydroxylation sites is 4. The molecule has 0 aromatic heterocycles. The van der Waals surface area contributed by atoms with Gasteiger partial charge in [0.25, 0.3) is 0 Å². The summed E-state index contributed by atoms with van der Waals surface area (Å²) >= 11 is 0. The zero-order valence-corrected chi connectivity index (χ0v) is 37.5. The average Bonchev–Trinajstić information content (AvgIpc) is 3.41. The van der Waals surface area contributed by atoms with E-state index in [-0.39, 0.29) is 6.04 Å². The zero-order chi connectivity index (χ0) is 45.0. The van der Waals surface area contributed by atoms with E-state index in [1.54, 1.807) is 0 Å². The third-order valence-electron chi connectivity index (χ3n) is 14.1. The largest absolute Gasteiger partial charge is 0.334 e. The van der Waals surface area contributed by atoms with Crippen LogP contribution in [0.2, 0.25) is 0 Å². The van der Waals surface area contributed by atoms with E-state index in [1.165, 1.54) is 97.9 Å². The topological polar surface area (TPSA) is 6.48 Å². The minimum absolute atomic E-state index is 0.0299. The van der Waals surface area contributed by atoms with Crippen LogP contribution in [0.5, 0.6) is 0 Å². The lowest BCUT2D eigenvalue weighted by atomic mass is 9.82. The van der Waals surface area contributed by atoms with E-state index in [4.69, 9.17) is 0 Å². The predicted molar refractivity (Wildman–Crippen MR) is 291 cm³/mol. The smallest absolute Gasteiger partial charge is 0.0566 e. The number of nitrogens with zero attached hydrogens (tertiary/aromatic N) is 2. The highest BCUT2D eigenvalue weighted by atomic mass is 15.2. The van der Waals surface area contributed by atoms with Crippen LogP contribution in [0.3, 0.4) is 0 Å². The van der Waals surface area contributed by atoms with Crippen molar-refractivity contribution >= 4 is 94.5 Å². The first-order valence-corrected chi connectivity index (χ1v) is 23.7. The van der Waals surface area contributed by atoms with E-state index < -0.39 is 0 Å². The minimum atomic E-state index is 0.0299. The van der Waals surface area contributed by atoms with Crippen molar-refractivity contribution in [2.24, 2.45) is 0 Å². The second kappa shape index (κ2) is 16.6. The Labute approximate surface area is 396 Å². The highest BCUT2D eigenvalue weighted by molar-refractivity contribution is 6.21. The Morgan fingerprint density at radius 3 is 1.21 bits per heavy atom. The summed E-state index contributed by atoms with van der Waals surface area (Å²) in [5.41, 5.74) is 10.7. The van der Waals surface area contributed by atoms with E-state index in [0.717, 1.165) is 23.5 Å². The molecule has 0 saturated heterocycles. The second-order valence-electron chi connectivity index (χ2n) is 17.9. The second-order valence-corrected chi connectivity index (χ2v) is 17.9. The summed E-state index contributed by atoms with van der Waals surface area (Å²) in [7, 11) is 0. The molecular weight excluding hydrogens is 821 g/mol. The normalized spacial score (nSPS) is 13.3. The first kappa shape index (κ1) is 39.6. The number of rotatable bonds is 8. The molecule has 0 radical (unpaired) electrons. The molecule has 1 aliphatic rings. The zero-order valence-electron chi connectivity index (χ0n) is 37.5. The molecule has 0 spiro atoms. The van der Waals surface area contributed by atoms with Crippen LogP contribution in [-0.2, 0) is 0 Å². The van der Waals surface area contributed by atoms with Gasteiger partial charge in [-0.2, -0.15) is 0 Å². The molecule has 320 valence electrons. The van der Waals surface area contributed by atoms with Crippen molar-refractivity contribution in [3.63, 3.8) is 0 Å². The third kappa shape index (κ3) is 6.64. The van der Waals surface area contributed by atoms with Crippen molar-refractivity contribution < 1.29 is 0 Å². The maximum Gasteiger partial charge on any atom is 0.0566 e. The third-order valence-corrected chi connectivity index (χ3v) is 14.1. The van der Waals surface area contributed by atoms with Crippen LogP contribution < -0.4 is 20.2 Å².